The van der Waals surface area contributed by atoms with Crippen LogP contribution in [0.5, 0.6) is 0 Å². The van der Waals surface area contributed by atoms with Crippen molar-refractivity contribution >= 4 is 53.5 Å². The van der Waals surface area contributed by atoms with Gasteiger partial charge in [-0.15, -0.1) is 0 Å². The second-order valence-electron chi connectivity index (χ2n) is 4.95. The summed E-state index contributed by atoms with van der Waals surface area (Å²) in [6.45, 7) is -3.56. The van der Waals surface area contributed by atoms with Crippen LogP contribution in [-0.2, 0) is 35.1 Å². The molecule has 2 rings (SSSR count). The fraction of sp³-hybridized carbons (Fsp3) is 1.00. The molecule has 0 aromatic heterocycles. The first-order chi connectivity index (χ1) is 12.0. The Morgan fingerprint density at radius 1 is 0.846 bits per heavy atom. The molecule has 150 valence electrons. The summed E-state index contributed by atoms with van der Waals surface area (Å²) in [4.78, 5) is 0. The maximum Gasteiger partial charge on any atom is 0.929 e. The van der Waals surface area contributed by atoms with Gasteiger partial charge in [0.25, 0.3) is 0 Å². The monoisotopic (exact) mass is 477 g/mol. The lowest BCUT2D eigenvalue weighted by Gasteiger charge is -2.40. The standard InChI is InChI=1S/3C2H7FNO3P.2Al/c3*1-4(2-3)8(5,6)7;;/h3*2H2,1H3,(H2,5,6,7);;/q;;;2*+3/p-6. The summed E-state index contributed by atoms with van der Waals surface area (Å²) in [5.74, 6) is 0. The topological polar surface area (TPSA) is 116 Å². The lowest BCUT2D eigenvalue weighted by atomic mass is 11.2. The van der Waals surface area contributed by atoms with Crippen LogP contribution in [0.4, 0.5) is 13.2 Å². The van der Waals surface area contributed by atoms with E-state index in [2.05, 4.69) is 0 Å². The molecule has 2 heterocycles. The van der Waals surface area contributed by atoms with E-state index in [0.29, 0.717) is 14.0 Å². The highest BCUT2D eigenvalue weighted by molar-refractivity contribution is 7.60. The van der Waals surface area contributed by atoms with Gasteiger partial charge in [0.05, 0.1) is 0 Å². The smallest absolute Gasteiger partial charge is 0.374 e. The van der Waals surface area contributed by atoms with Crippen LogP contribution in [0.2, 0.25) is 0 Å². The van der Waals surface area contributed by atoms with Crippen LogP contribution in [0.3, 0.4) is 0 Å². The van der Waals surface area contributed by atoms with Gasteiger partial charge in [-0.3, -0.25) is 0 Å². The van der Waals surface area contributed by atoms with Crippen molar-refractivity contribution in [3.05, 3.63) is 0 Å². The van der Waals surface area contributed by atoms with E-state index in [9.17, 15) is 26.9 Å². The van der Waals surface area contributed by atoms with E-state index in [-0.39, 0.29) is 0 Å². The van der Waals surface area contributed by atoms with Crippen molar-refractivity contribution in [2.75, 3.05) is 41.5 Å². The molecular formula is C6H15Al2F3N3O9P3. The molecule has 0 radical (unpaired) electrons. The van der Waals surface area contributed by atoms with Crippen molar-refractivity contribution < 1.29 is 48.3 Å². The minimum absolute atomic E-state index is 0.511. The van der Waals surface area contributed by atoms with Crippen molar-refractivity contribution in [1.29, 1.82) is 0 Å². The number of alkyl halides is 3. The highest BCUT2D eigenvalue weighted by Gasteiger charge is 2.65. The van der Waals surface area contributed by atoms with E-state index in [1.165, 1.54) is 0 Å². The molecule has 0 aliphatic carbocycles. The number of rotatable bonds is 10. The quantitative estimate of drug-likeness (QED) is 0.260. The Balaban J connectivity index is 1.97. The van der Waals surface area contributed by atoms with Crippen LogP contribution in [0.25, 0.3) is 0 Å². The van der Waals surface area contributed by atoms with Crippen LogP contribution in [0, 0.1) is 0 Å². The molecule has 2 fully saturated rings. The first-order valence-corrected chi connectivity index (χ1v) is 14.1. The van der Waals surface area contributed by atoms with Crippen molar-refractivity contribution in [2.24, 2.45) is 0 Å². The fourth-order valence-electron chi connectivity index (χ4n) is 1.45. The van der Waals surface area contributed by atoms with Gasteiger partial charge in [0, 0.05) is 21.1 Å². The molecule has 0 amide bonds. The van der Waals surface area contributed by atoms with Gasteiger partial charge in [-0.1, -0.05) is 0 Å². The largest absolute Gasteiger partial charge is 0.929 e. The van der Waals surface area contributed by atoms with Crippen LogP contribution >= 0.6 is 23.2 Å². The zero-order valence-corrected chi connectivity index (χ0v) is 18.8. The third-order valence-electron chi connectivity index (χ3n) is 3.09. The Morgan fingerprint density at radius 2 is 1.19 bits per heavy atom. The highest BCUT2D eigenvalue weighted by Crippen LogP contribution is 2.67. The number of hydrogen-bond donors (Lipinski definition) is 0. The van der Waals surface area contributed by atoms with E-state index >= 15 is 0 Å². The van der Waals surface area contributed by atoms with Crippen LogP contribution in [0.15, 0.2) is 0 Å². The van der Waals surface area contributed by atoms with Crippen molar-refractivity contribution in [2.45, 2.75) is 0 Å². The van der Waals surface area contributed by atoms with Crippen molar-refractivity contribution in [3.8, 4) is 0 Å². The SMILES string of the molecule is CN(CF)P1(=O)[O][Al]([O]P(=O)([O][Al]2[O]P(=O)(N(C)CF)[O]2)N(C)CF)[O]1. The third-order valence-corrected chi connectivity index (χ3v) is 16.4. The van der Waals surface area contributed by atoms with Gasteiger partial charge in [-0.25, -0.2) is 26.9 Å². The molecule has 2 aliphatic rings. The molecule has 0 N–H and O–H groups in total. The molecule has 0 aromatic rings. The number of halogens is 3. The maximum absolute atomic E-state index is 12.9. The van der Waals surface area contributed by atoms with E-state index < -0.39 is 73.9 Å². The Morgan fingerprint density at radius 3 is 1.46 bits per heavy atom. The summed E-state index contributed by atoms with van der Waals surface area (Å²) < 4.78 is 106. The molecule has 26 heavy (non-hydrogen) atoms. The van der Waals surface area contributed by atoms with E-state index in [0.717, 1.165) is 21.1 Å². The van der Waals surface area contributed by atoms with Gasteiger partial charge in [0.1, 0.15) is 0 Å². The van der Waals surface area contributed by atoms with Gasteiger partial charge in [-0.2, -0.15) is 14.0 Å². The zero-order valence-electron chi connectivity index (χ0n) is 13.8. The molecule has 20 heteroatoms. The molecule has 0 bridgehead atoms. The molecule has 0 atom stereocenters. The van der Waals surface area contributed by atoms with Crippen LogP contribution < -0.4 is 0 Å². The Kier molecular flexibility index (Phi) is 8.04. The van der Waals surface area contributed by atoms with Gasteiger partial charge in [0.2, 0.25) is 0 Å². The Labute approximate surface area is 157 Å². The summed E-state index contributed by atoms with van der Waals surface area (Å²) in [7, 11) is -8.89. The molecule has 2 saturated heterocycles. The minimum Gasteiger partial charge on any atom is -0.374 e. The lowest BCUT2D eigenvalue weighted by molar-refractivity contribution is 0.120. The van der Waals surface area contributed by atoms with Crippen molar-refractivity contribution in [3.63, 3.8) is 0 Å². The lowest BCUT2D eigenvalue weighted by Crippen LogP contribution is -2.43. The third kappa shape index (κ3) is 4.84. The van der Waals surface area contributed by atoms with E-state index in [1.807, 2.05) is 0 Å². The molecule has 2 aliphatic heterocycles. The summed E-state index contributed by atoms with van der Waals surface area (Å²) >= 11 is -6.58. The van der Waals surface area contributed by atoms with Crippen LogP contribution in [0.1, 0.15) is 0 Å². The second-order valence-corrected chi connectivity index (χ2v) is 16.0. The highest BCUT2D eigenvalue weighted by atomic mass is 31.2. The summed E-state index contributed by atoms with van der Waals surface area (Å²) in [5.41, 5.74) is 0. The van der Waals surface area contributed by atoms with Gasteiger partial charge in [0.15, 0.2) is 20.4 Å². The first-order valence-electron chi connectivity index (χ1n) is 6.75. The zero-order chi connectivity index (χ0) is 19.8. The molecular weight excluding hydrogens is 462 g/mol. The molecule has 12 nitrogen and oxygen atoms in total. The Bertz CT molecular complexity index is 599. The average molecular weight is 477 g/mol. The average Bonchev–Trinajstić information content (AvgIpc) is 2.56. The molecule has 0 aromatic carbocycles. The summed E-state index contributed by atoms with van der Waals surface area (Å²) in [6, 6.07) is 0. The number of nitrogens with zero attached hydrogens (tertiary/aromatic N) is 3. The maximum atomic E-state index is 12.9. The molecule has 0 unspecified atom stereocenters. The van der Waals surface area contributed by atoms with Crippen LogP contribution in [-0.4, -0.2) is 85.8 Å². The molecule has 0 spiro atoms. The van der Waals surface area contributed by atoms with Gasteiger partial charge < -0.3 is 21.5 Å². The number of hydrogen-bond acceptors (Lipinski definition) is 9. The van der Waals surface area contributed by atoms with Gasteiger partial charge in [-0.05, 0) is 0 Å². The minimum atomic E-state index is -4.43. The summed E-state index contributed by atoms with van der Waals surface area (Å²) in [6.07, 6.45) is 0. The second kappa shape index (κ2) is 8.91. The van der Waals surface area contributed by atoms with Crippen molar-refractivity contribution in [1.82, 2.24) is 14.0 Å². The van der Waals surface area contributed by atoms with E-state index in [1.54, 1.807) is 0 Å². The molecule has 0 saturated carbocycles. The fourth-order valence-corrected chi connectivity index (χ4v) is 13.7. The first kappa shape index (κ1) is 23.5. The predicted octanol–water partition coefficient (Wildman–Crippen LogP) is 1.98. The Hall–Kier alpha value is 1.18. The van der Waals surface area contributed by atoms with Gasteiger partial charge >= 0.3 is 53.5 Å². The normalized spacial score (nSPS) is 22.0. The summed E-state index contributed by atoms with van der Waals surface area (Å²) in [5, 5.41) is 0. The van der Waals surface area contributed by atoms with E-state index in [4.69, 9.17) is 21.5 Å². The predicted molar refractivity (Wildman–Crippen MR) is 82.1 cm³/mol.